The topological polar surface area (TPSA) is 54.5 Å². The molecule has 2 unspecified atom stereocenters. The maximum atomic E-state index is 12.8. The number of pyridine rings is 1. The first-order valence-corrected chi connectivity index (χ1v) is 7.27. The Labute approximate surface area is 119 Å². The number of morpholine rings is 1. The van der Waals surface area contributed by atoms with Crippen LogP contribution in [0, 0.1) is 6.92 Å². The maximum absolute atomic E-state index is 12.8. The summed E-state index contributed by atoms with van der Waals surface area (Å²) in [6.45, 7) is 3.24. The van der Waals surface area contributed by atoms with E-state index in [-0.39, 0.29) is 18.1 Å². The second-order valence-electron chi connectivity index (χ2n) is 5.53. The van der Waals surface area contributed by atoms with Gasteiger partial charge in [0.15, 0.2) is 0 Å². The third kappa shape index (κ3) is 2.26. The van der Waals surface area contributed by atoms with Crippen molar-refractivity contribution in [1.29, 1.82) is 0 Å². The minimum absolute atomic E-state index is 0.0713. The average molecular weight is 275 g/mol. The Bertz CT molecular complexity index is 518. The number of aryl methyl sites for hydroxylation is 1. The number of nitrogens with zero attached hydrogens (tertiary/aromatic N) is 2. The molecule has 2 aliphatic rings. The lowest BCUT2D eigenvalue weighted by Gasteiger charge is -2.38. The molecule has 0 spiro atoms. The second kappa shape index (κ2) is 5.40. The molecule has 20 heavy (non-hydrogen) atoms. The molecule has 0 bridgehead atoms. The maximum Gasteiger partial charge on any atom is 0.257 e. The van der Waals surface area contributed by atoms with Crippen molar-refractivity contribution >= 4 is 11.6 Å². The first kappa shape index (κ1) is 13.4. The fourth-order valence-corrected chi connectivity index (χ4v) is 3.27. The highest BCUT2D eigenvalue weighted by atomic mass is 16.5. The van der Waals surface area contributed by atoms with Crippen LogP contribution in [-0.4, -0.2) is 48.1 Å². The van der Waals surface area contributed by atoms with Crippen LogP contribution in [0.25, 0.3) is 0 Å². The zero-order valence-electron chi connectivity index (χ0n) is 12.1. The van der Waals surface area contributed by atoms with Crippen LogP contribution in [0.4, 0.5) is 5.69 Å². The van der Waals surface area contributed by atoms with Gasteiger partial charge in [0, 0.05) is 25.5 Å². The SMILES string of the molecule is CNc1cc(C)ncc1C(=O)N1CCOC2CCCC21. The molecule has 0 radical (unpaired) electrons. The van der Waals surface area contributed by atoms with E-state index in [0.29, 0.717) is 18.7 Å². The molecule has 1 aliphatic carbocycles. The molecule has 1 aromatic rings. The van der Waals surface area contributed by atoms with Crippen LogP contribution in [0.1, 0.15) is 35.3 Å². The molecule has 2 atom stereocenters. The lowest BCUT2D eigenvalue weighted by molar-refractivity contribution is -0.0445. The number of amides is 1. The summed E-state index contributed by atoms with van der Waals surface area (Å²) < 4.78 is 5.77. The summed E-state index contributed by atoms with van der Waals surface area (Å²) >= 11 is 0. The quantitative estimate of drug-likeness (QED) is 0.894. The first-order chi connectivity index (χ1) is 9.70. The Balaban J connectivity index is 1.88. The molecule has 5 heteroatoms. The third-order valence-electron chi connectivity index (χ3n) is 4.28. The predicted octanol–water partition coefficient (Wildman–Crippen LogP) is 1.83. The number of hydrogen-bond acceptors (Lipinski definition) is 4. The number of anilines is 1. The molecular weight excluding hydrogens is 254 g/mol. The van der Waals surface area contributed by atoms with Gasteiger partial charge in [-0.25, -0.2) is 0 Å². The number of carbonyl (C=O) groups is 1. The van der Waals surface area contributed by atoms with Gasteiger partial charge in [-0.2, -0.15) is 0 Å². The molecule has 1 saturated carbocycles. The summed E-state index contributed by atoms with van der Waals surface area (Å²) in [5, 5.41) is 3.10. The number of hydrogen-bond donors (Lipinski definition) is 1. The molecule has 1 aromatic heterocycles. The van der Waals surface area contributed by atoms with Gasteiger partial charge in [0.05, 0.1) is 30.0 Å². The Morgan fingerprint density at radius 1 is 1.50 bits per heavy atom. The van der Waals surface area contributed by atoms with Crippen LogP contribution in [0.3, 0.4) is 0 Å². The van der Waals surface area contributed by atoms with Gasteiger partial charge in [0.2, 0.25) is 0 Å². The largest absolute Gasteiger partial charge is 0.387 e. The van der Waals surface area contributed by atoms with Gasteiger partial charge in [-0.1, -0.05) is 0 Å². The summed E-state index contributed by atoms with van der Waals surface area (Å²) in [6, 6.07) is 2.15. The number of nitrogens with one attached hydrogen (secondary N) is 1. The molecule has 0 aromatic carbocycles. The van der Waals surface area contributed by atoms with E-state index in [1.165, 1.54) is 0 Å². The van der Waals surface area contributed by atoms with Crippen molar-refractivity contribution in [3.05, 3.63) is 23.5 Å². The van der Waals surface area contributed by atoms with Crippen LogP contribution >= 0.6 is 0 Å². The molecule has 2 heterocycles. The van der Waals surface area contributed by atoms with E-state index in [1.54, 1.807) is 6.20 Å². The minimum Gasteiger partial charge on any atom is -0.387 e. The van der Waals surface area contributed by atoms with E-state index in [0.717, 1.165) is 30.6 Å². The molecule has 5 nitrogen and oxygen atoms in total. The highest BCUT2D eigenvalue weighted by Gasteiger charge is 2.39. The van der Waals surface area contributed by atoms with Gasteiger partial charge >= 0.3 is 0 Å². The minimum atomic E-state index is 0.0713. The molecular formula is C15H21N3O2. The van der Waals surface area contributed by atoms with Crippen LogP contribution < -0.4 is 5.32 Å². The van der Waals surface area contributed by atoms with E-state index >= 15 is 0 Å². The number of ether oxygens (including phenoxy) is 1. The number of aromatic nitrogens is 1. The molecule has 2 fully saturated rings. The van der Waals surface area contributed by atoms with E-state index in [4.69, 9.17) is 4.74 Å². The van der Waals surface area contributed by atoms with E-state index in [1.807, 2.05) is 24.9 Å². The van der Waals surface area contributed by atoms with Crippen LogP contribution in [-0.2, 0) is 4.74 Å². The Morgan fingerprint density at radius 3 is 3.15 bits per heavy atom. The molecule has 108 valence electrons. The highest BCUT2D eigenvalue weighted by Crippen LogP contribution is 2.31. The Hall–Kier alpha value is -1.62. The molecule has 1 N–H and O–H groups in total. The fraction of sp³-hybridized carbons (Fsp3) is 0.600. The highest BCUT2D eigenvalue weighted by molar-refractivity contribution is 5.99. The monoisotopic (exact) mass is 275 g/mol. The zero-order valence-corrected chi connectivity index (χ0v) is 12.1. The lowest BCUT2D eigenvalue weighted by Crippen LogP contribution is -2.51. The first-order valence-electron chi connectivity index (χ1n) is 7.27. The average Bonchev–Trinajstić information content (AvgIpc) is 2.94. The Morgan fingerprint density at radius 2 is 2.35 bits per heavy atom. The summed E-state index contributed by atoms with van der Waals surface area (Å²) in [5.74, 6) is 0.0713. The van der Waals surface area contributed by atoms with Crippen molar-refractivity contribution in [2.45, 2.75) is 38.3 Å². The zero-order chi connectivity index (χ0) is 14.1. The van der Waals surface area contributed by atoms with Crippen LogP contribution in [0.15, 0.2) is 12.3 Å². The van der Waals surface area contributed by atoms with Gasteiger partial charge in [-0.05, 0) is 32.3 Å². The van der Waals surface area contributed by atoms with Gasteiger partial charge in [-0.3, -0.25) is 9.78 Å². The smallest absolute Gasteiger partial charge is 0.257 e. The standard InChI is InChI=1S/C15H21N3O2/c1-10-8-12(16-2)11(9-17-10)15(19)18-6-7-20-14-5-3-4-13(14)18/h8-9,13-14H,3-7H2,1-2H3,(H,16,17). The number of carbonyl (C=O) groups excluding carboxylic acids is 1. The summed E-state index contributed by atoms with van der Waals surface area (Å²) in [7, 11) is 1.84. The molecule has 1 amide bonds. The summed E-state index contributed by atoms with van der Waals surface area (Å²) in [5.41, 5.74) is 2.42. The third-order valence-corrected chi connectivity index (χ3v) is 4.28. The molecule has 3 rings (SSSR count). The van der Waals surface area contributed by atoms with Gasteiger partial charge in [0.1, 0.15) is 0 Å². The lowest BCUT2D eigenvalue weighted by atomic mass is 10.1. The van der Waals surface area contributed by atoms with Gasteiger partial charge < -0.3 is 15.0 Å². The van der Waals surface area contributed by atoms with Crippen molar-refractivity contribution in [1.82, 2.24) is 9.88 Å². The van der Waals surface area contributed by atoms with E-state index < -0.39 is 0 Å². The van der Waals surface area contributed by atoms with Gasteiger partial charge in [0.25, 0.3) is 5.91 Å². The van der Waals surface area contributed by atoms with Crippen molar-refractivity contribution in [2.75, 3.05) is 25.5 Å². The normalized spacial score (nSPS) is 25.4. The summed E-state index contributed by atoms with van der Waals surface area (Å²) in [4.78, 5) is 19.1. The molecule has 1 aliphatic heterocycles. The Kier molecular flexibility index (Phi) is 3.61. The van der Waals surface area contributed by atoms with Crippen molar-refractivity contribution in [3.8, 4) is 0 Å². The fourth-order valence-electron chi connectivity index (χ4n) is 3.27. The van der Waals surface area contributed by atoms with E-state index in [9.17, 15) is 4.79 Å². The summed E-state index contributed by atoms with van der Waals surface area (Å²) in [6.07, 6.45) is 5.17. The number of fused-ring (bicyclic) bond motifs is 1. The van der Waals surface area contributed by atoms with E-state index in [2.05, 4.69) is 10.3 Å². The number of rotatable bonds is 2. The van der Waals surface area contributed by atoms with Gasteiger partial charge in [-0.15, -0.1) is 0 Å². The predicted molar refractivity (Wildman–Crippen MR) is 76.9 cm³/mol. The van der Waals surface area contributed by atoms with Crippen molar-refractivity contribution in [3.63, 3.8) is 0 Å². The van der Waals surface area contributed by atoms with Crippen LogP contribution in [0.2, 0.25) is 0 Å². The van der Waals surface area contributed by atoms with Crippen molar-refractivity contribution in [2.24, 2.45) is 0 Å². The second-order valence-corrected chi connectivity index (χ2v) is 5.53. The molecule has 1 saturated heterocycles. The van der Waals surface area contributed by atoms with Crippen molar-refractivity contribution < 1.29 is 9.53 Å². The van der Waals surface area contributed by atoms with Crippen LogP contribution in [0.5, 0.6) is 0 Å².